The number of hydrogen-bond donors (Lipinski definition) is 2. The van der Waals surface area contributed by atoms with E-state index in [1.807, 2.05) is 17.0 Å². The zero-order valence-corrected chi connectivity index (χ0v) is 19.6. The van der Waals surface area contributed by atoms with Gasteiger partial charge in [-0.3, -0.25) is 9.59 Å². The molecule has 8 heteroatoms. The molecule has 1 fully saturated rings. The topological polar surface area (TPSA) is 105 Å². The molecule has 1 aliphatic heterocycles. The SMILES string of the molecule is CN(C)CC(C)(C)c1ccc(N2CC(CNC(=O)c3ccc4onc(N)c4c3)CC2=O)cc1. The summed E-state index contributed by atoms with van der Waals surface area (Å²) in [5.41, 5.74) is 8.95. The van der Waals surface area contributed by atoms with Crippen molar-refractivity contribution in [3.8, 4) is 0 Å². The van der Waals surface area contributed by atoms with Crippen LogP contribution in [0, 0.1) is 5.92 Å². The molecule has 1 aliphatic rings. The number of nitrogen functional groups attached to an aromatic ring is 1. The van der Waals surface area contributed by atoms with Crippen LogP contribution in [0.1, 0.15) is 36.2 Å². The number of rotatable bonds is 7. The maximum atomic E-state index is 12.7. The average molecular weight is 450 g/mol. The number of nitrogens with zero attached hydrogens (tertiary/aromatic N) is 3. The van der Waals surface area contributed by atoms with Crippen molar-refractivity contribution in [2.24, 2.45) is 5.92 Å². The summed E-state index contributed by atoms with van der Waals surface area (Å²) in [6, 6.07) is 13.3. The van der Waals surface area contributed by atoms with E-state index in [0.29, 0.717) is 36.0 Å². The first-order valence-corrected chi connectivity index (χ1v) is 11.1. The lowest BCUT2D eigenvalue weighted by Crippen LogP contribution is -2.32. The minimum absolute atomic E-state index is 0.0179. The number of benzene rings is 2. The molecule has 2 heterocycles. The number of aromatic nitrogens is 1. The number of anilines is 2. The lowest BCUT2D eigenvalue weighted by molar-refractivity contribution is -0.117. The van der Waals surface area contributed by atoms with Gasteiger partial charge >= 0.3 is 0 Å². The quantitative estimate of drug-likeness (QED) is 0.575. The molecule has 3 N–H and O–H groups in total. The Morgan fingerprint density at radius 2 is 1.97 bits per heavy atom. The van der Waals surface area contributed by atoms with Gasteiger partial charge in [-0.15, -0.1) is 0 Å². The molecule has 0 spiro atoms. The van der Waals surface area contributed by atoms with Crippen LogP contribution in [0.15, 0.2) is 47.0 Å². The maximum Gasteiger partial charge on any atom is 0.251 e. The van der Waals surface area contributed by atoms with E-state index < -0.39 is 0 Å². The van der Waals surface area contributed by atoms with Gasteiger partial charge in [-0.25, -0.2) is 0 Å². The average Bonchev–Trinajstić information content (AvgIpc) is 3.33. The van der Waals surface area contributed by atoms with E-state index in [-0.39, 0.29) is 29.0 Å². The van der Waals surface area contributed by atoms with Crippen LogP contribution in [0.2, 0.25) is 0 Å². The normalized spacial score (nSPS) is 16.7. The Kier molecular flexibility index (Phi) is 6.12. The summed E-state index contributed by atoms with van der Waals surface area (Å²) in [4.78, 5) is 29.3. The van der Waals surface area contributed by atoms with E-state index in [2.05, 4.69) is 55.4 Å². The molecule has 1 atom stereocenters. The van der Waals surface area contributed by atoms with Crippen molar-refractivity contribution in [3.05, 3.63) is 53.6 Å². The predicted octanol–water partition coefficient (Wildman–Crippen LogP) is 3.03. The van der Waals surface area contributed by atoms with Gasteiger partial charge in [0.05, 0.1) is 5.39 Å². The molecule has 1 saturated heterocycles. The molecule has 2 amide bonds. The van der Waals surface area contributed by atoms with Crippen LogP contribution in [-0.2, 0) is 10.2 Å². The van der Waals surface area contributed by atoms with Gasteiger partial charge in [-0.2, -0.15) is 0 Å². The van der Waals surface area contributed by atoms with Crippen molar-refractivity contribution < 1.29 is 14.1 Å². The van der Waals surface area contributed by atoms with E-state index in [1.54, 1.807) is 18.2 Å². The van der Waals surface area contributed by atoms with Crippen LogP contribution in [0.5, 0.6) is 0 Å². The monoisotopic (exact) mass is 449 g/mol. The Morgan fingerprint density at radius 1 is 1.24 bits per heavy atom. The second kappa shape index (κ2) is 8.86. The summed E-state index contributed by atoms with van der Waals surface area (Å²) in [5, 5.41) is 7.26. The van der Waals surface area contributed by atoms with E-state index in [1.165, 1.54) is 5.56 Å². The second-order valence-electron chi connectivity index (χ2n) is 9.73. The molecule has 33 heavy (non-hydrogen) atoms. The minimum Gasteiger partial charge on any atom is -0.380 e. The summed E-state index contributed by atoms with van der Waals surface area (Å²) < 4.78 is 5.08. The van der Waals surface area contributed by atoms with Crippen LogP contribution in [0.4, 0.5) is 11.5 Å². The van der Waals surface area contributed by atoms with Crippen LogP contribution < -0.4 is 16.0 Å². The Balaban J connectivity index is 1.37. The van der Waals surface area contributed by atoms with Gasteiger partial charge in [-0.1, -0.05) is 31.1 Å². The highest BCUT2D eigenvalue weighted by Crippen LogP contribution is 2.29. The van der Waals surface area contributed by atoms with Crippen molar-refractivity contribution in [2.75, 3.05) is 44.4 Å². The summed E-state index contributed by atoms with van der Waals surface area (Å²) in [6.07, 6.45) is 0.409. The van der Waals surface area contributed by atoms with E-state index >= 15 is 0 Å². The highest BCUT2D eigenvalue weighted by Gasteiger charge is 2.31. The summed E-state index contributed by atoms with van der Waals surface area (Å²) in [6.45, 7) is 6.38. The fourth-order valence-corrected chi connectivity index (χ4v) is 4.58. The molecule has 2 aromatic carbocycles. The second-order valence-corrected chi connectivity index (χ2v) is 9.73. The molecule has 0 aliphatic carbocycles. The molecule has 0 radical (unpaired) electrons. The number of carbonyl (C=O) groups excluding carboxylic acids is 2. The van der Waals surface area contributed by atoms with Crippen molar-refractivity contribution in [1.82, 2.24) is 15.4 Å². The number of fused-ring (bicyclic) bond motifs is 1. The smallest absolute Gasteiger partial charge is 0.251 e. The number of carbonyl (C=O) groups is 2. The van der Waals surface area contributed by atoms with Crippen molar-refractivity contribution >= 4 is 34.3 Å². The van der Waals surface area contributed by atoms with Gasteiger partial charge in [0, 0.05) is 48.6 Å². The molecule has 0 bridgehead atoms. The molecule has 0 saturated carbocycles. The number of likely N-dealkylation sites (N-methyl/N-ethyl adjacent to an activating group) is 1. The molecular formula is C25H31N5O3. The van der Waals surface area contributed by atoms with E-state index in [9.17, 15) is 9.59 Å². The summed E-state index contributed by atoms with van der Waals surface area (Å²) in [7, 11) is 4.14. The highest BCUT2D eigenvalue weighted by molar-refractivity contribution is 6.00. The third-order valence-electron chi connectivity index (χ3n) is 6.19. The zero-order valence-electron chi connectivity index (χ0n) is 19.6. The molecule has 4 rings (SSSR count). The third-order valence-corrected chi connectivity index (χ3v) is 6.19. The molecule has 1 aromatic heterocycles. The third kappa shape index (κ3) is 4.85. The molecule has 3 aromatic rings. The standard InChI is InChI=1S/C25H31N5O3/c1-25(2,15-29(3)4)18-6-8-19(9-7-18)30-14-16(11-22(30)31)13-27-24(32)17-5-10-21-20(12-17)23(26)28-33-21/h5-10,12,16H,11,13-15H2,1-4H3,(H2,26,28)(H,27,32). The fraction of sp³-hybridized carbons (Fsp3) is 0.400. The van der Waals surface area contributed by atoms with Gasteiger partial charge in [0.15, 0.2) is 11.4 Å². The Morgan fingerprint density at radius 3 is 2.67 bits per heavy atom. The number of amides is 2. The number of nitrogens with two attached hydrogens (primary N) is 1. The van der Waals surface area contributed by atoms with Gasteiger partial charge in [0.25, 0.3) is 5.91 Å². The maximum absolute atomic E-state index is 12.7. The van der Waals surface area contributed by atoms with Crippen LogP contribution in [0.3, 0.4) is 0 Å². The lowest BCUT2D eigenvalue weighted by atomic mass is 9.84. The highest BCUT2D eigenvalue weighted by atomic mass is 16.5. The molecule has 1 unspecified atom stereocenters. The Hall–Kier alpha value is -3.39. The Bertz CT molecular complexity index is 1170. The van der Waals surface area contributed by atoms with Crippen LogP contribution >= 0.6 is 0 Å². The first-order valence-electron chi connectivity index (χ1n) is 11.1. The molecule has 174 valence electrons. The lowest BCUT2D eigenvalue weighted by Gasteiger charge is -2.29. The van der Waals surface area contributed by atoms with Crippen LogP contribution in [0.25, 0.3) is 11.0 Å². The van der Waals surface area contributed by atoms with Crippen molar-refractivity contribution in [2.45, 2.75) is 25.7 Å². The molecule has 8 nitrogen and oxygen atoms in total. The fourth-order valence-electron chi connectivity index (χ4n) is 4.58. The summed E-state index contributed by atoms with van der Waals surface area (Å²) >= 11 is 0. The van der Waals surface area contributed by atoms with Gasteiger partial charge in [0.2, 0.25) is 5.91 Å². The summed E-state index contributed by atoms with van der Waals surface area (Å²) in [5.74, 6) is 0.174. The van der Waals surface area contributed by atoms with E-state index in [4.69, 9.17) is 10.3 Å². The predicted molar refractivity (Wildman–Crippen MR) is 129 cm³/mol. The number of hydrogen-bond acceptors (Lipinski definition) is 6. The minimum atomic E-state index is -0.212. The number of nitrogens with one attached hydrogen (secondary N) is 1. The van der Waals surface area contributed by atoms with Gasteiger partial charge < -0.3 is 25.4 Å². The van der Waals surface area contributed by atoms with Crippen molar-refractivity contribution in [3.63, 3.8) is 0 Å². The van der Waals surface area contributed by atoms with Crippen LogP contribution in [-0.4, -0.2) is 55.6 Å². The van der Waals surface area contributed by atoms with Gasteiger partial charge in [-0.05, 0) is 50.0 Å². The van der Waals surface area contributed by atoms with Crippen molar-refractivity contribution in [1.29, 1.82) is 0 Å². The zero-order chi connectivity index (χ0) is 23.8. The van der Waals surface area contributed by atoms with Gasteiger partial charge in [0.1, 0.15) is 0 Å². The first-order chi connectivity index (χ1) is 15.6. The molecular weight excluding hydrogens is 418 g/mol. The Labute approximate surface area is 193 Å². The van der Waals surface area contributed by atoms with E-state index in [0.717, 1.165) is 12.2 Å². The largest absolute Gasteiger partial charge is 0.380 e. The first kappa shape index (κ1) is 22.8.